The summed E-state index contributed by atoms with van der Waals surface area (Å²) in [5.41, 5.74) is 0.679. The number of halogens is 2. The Hall–Kier alpha value is -0.350. The Labute approximate surface area is 113 Å². The Morgan fingerprint density at radius 1 is 1.44 bits per heavy atom. The molecule has 0 fully saturated rings. The normalized spacial score (nSPS) is 12.6. The van der Waals surface area contributed by atoms with Gasteiger partial charge in [-0.3, -0.25) is 4.79 Å². The van der Waals surface area contributed by atoms with Crippen molar-refractivity contribution in [2.24, 2.45) is 5.92 Å². The van der Waals surface area contributed by atoms with Crippen molar-refractivity contribution in [1.29, 1.82) is 0 Å². The van der Waals surface area contributed by atoms with Gasteiger partial charge >= 0.3 is 0 Å². The molecule has 1 unspecified atom stereocenters. The van der Waals surface area contributed by atoms with E-state index in [-0.39, 0.29) is 5.91 Å². The lowest BCUT2D eigenvalue weighted by Crippen LogP contribution is -2.31. The summed E-state index contributed by atoms with van der Waals surface area (Å²) in [6.45, 7) is 4.87. The lowest BCUT2D eigenvalue weighted by molar-refractivity contribution is 0.0953. The van der Waals surface area contributed by atoms with E-state index in [1.165, 1.54) is 0 Å². The first-order valence-electron chi connectivity index (χ1n) is 5.18. The molecule has 0 heterocycles. The molecule has 0 aromatic heterocycles. The Balaban J connectivity index is 2.53. The maximum Gasteiger partial charge on any atom is 0.251 e. The minimum atomic E-state index is -0.0357. The van der Waals surface area contributed by atoms with E-state index in [1.54, 1.807) is 6.07 Å². The molecule has 1 aromatic carbocycles. The van der Waals surface area contributed by atoms with E-state index < -0.39 is 0 Å². The van der Waals surface area contributed by atoms with Crippen LogP contribution in [0.4, 0.5) is 0 Å². The lowest BCUT2D eigenvalue weighted by Gasteiger charge is -2.14. The molecule has 0 aliphatic carbocycles. The summed E-state index contributed by atoms with van der Waals surface area (Å²) in [5.74, 6) is 0.467. The fourth-order valence-electron chi connectivity index (χ4n) is 1.16. The van der Waals surface area contributed by atoms with E-state index in [2.05, 4.69) is 51.0 Å². The summed E-state index contributed by atoms with van der Waals surface area (Å²) in [4.78, 5) is 12.1. The SMILES string of the molecule is CC(C)C(Br)CNC(=O)c1cccc(Br)c1. The van der Waals surface area contributed by atoms with E-state index in [1.807, 2.05) is 18.2 Å². The van der Waals surface area contributed by atoms with E-state index in [0.29, 0.717) is 22.9 Å². The number of hydrogen-bond donors (Lipinski definition) is 1. The summed E-state index contributed by atoms with van der Waals surface area (Å²) in [6, 6.07) is 7.37. The Morgan fingerprint density at radius 3 is 2.69 bits per heavy atom. The number of rotatable bonds is 4. The van der Waals surface area contributed by atoms with Crippen molar-refractivity contribution in [2.75, 3.05) is 6.54 Å². The van der Waals surface area contributed by atoms with Gasteiger partial charge in [0.15, 0.2) is 0 Å². The van der Waals surface area contributed by atoms with Gasteiger partial charge in [0.05, 0.1) is 0 Å². The summed E-state index contributed by atoms with van der Waals surface area (Å²) in [6.07, 6.45) is 0. The quantitative estimate of drug-likeness (QED) is 0.827. The Morgan fingerprint density at radius 2 is 2.12 bits per heavy atom. The molecule has 0 aliphatic heterocycles. The molecule has 0 radical (unpaired) electrons. The average Bonchev–Trinajstić information content (AvgIpc) is 2.25. The number of amides is 1. The molecule has 88 valence electrons. The highest BCUT2D eigenvalue weighted by molar-refractivity contribution is 9.10. The number of hydrogen-bond acceptors (Lipinski definition) is 1. The van der Waals surface area contributed by atoms with E-state index in [9.17, 15) is 4.79 Å². The van der Waals surface area contributed by atoms with Crippen LogP contribution >= 0.6 is 31.9 Å². The molecule has 0 saturated carbocycles. The van der Waals surface area contributed by atoms with Crippen LogP contribution in [0.1, 0.15) is 24.2 Å². The number of carbonyl (C=O) groups is 1. The summed E-state index contributed by atoms with van der Waals surface area (Å²) in [7, 11) is 0. The van der Waals surface area contributed by atoms with Gasteiger partial charge in [-0.1, -0.05) is 51.8 Å². The fourth-order valence-corrected chi connectivity index (χ4v) is 1.72. The van der Waals surface area contributed by atoms with Gasteiger partial charge in [-0.2, -0.15) is 0 Å². The first-order chi connectivity index (χ1) is 7.50. The van der Waals surface area contributed by atoms with E-state index in [0.717, 1.165) is 4.47 Å². The monoisotopic (exact) mass is 347 g/mol. The van der Waals surface area contributed by atoms with Crippen molar-refractivity contribution in [2.45, 2.75) is 18.7 Å². The maximum atomic E-state index is 11.8. The molecule has 16 heavy (non-hydrogen) atoms. The zero-order valence-electron chi connectivity index (χ0n) is 9.34. The minimum absolute atomic E-state index is 0.0357. The third-order valence-corrected chi connectivity index (χ3v) is 4.14. The molecule has 2 nitrogen and oxygen atoms in total. The number of carbonyl (C=O) groups excluding carboxylic acids is 1. The third kappa shape index (κ3) is 4.26. The number of alkyl halides is 1. The zero-order valence-corrected chi connectivity index (χ0v) is 12.5. The van der Waals surface area contributed by atoms with Crippen molar-refractivity contribution in [1.82, 2.24) is 5.32 Å². The summed E-state index contributed by atoms with van der Waals surface area (Å²) >= 11 is 6.88. The van der Waals surface area contributed by atoms with Gasteiger partial charge in [-0.25, -0.2) is 0 Å². The van der Waals surface area contributed by atoms with E-state index >= 15 is 0 Å². The fraction of sp³-hybridized carbons (Fsp3) is 0.417. The van der Waals surface area contributed by atoms with Crippen LogP contribution in [0.3, 0.4) is 0 Å². The van der Waals surface area contributed by atoms with Crippen molar-refractivity contribution < 1.29 is 4.79 Å². The molecule has 4 heteroatoms. The molecule has 0 aliphatic rings. The van der Waals surface area contributed by atoms with Crippen LogP contribution in [0.5, 0.6) is 0 Å². The average molecular weight is 349 g/mol. The van der Waals surface area contributed by atoms with Crippen LogP contribution < -0.4 is 5.32 Å². The van der Waals surface area contributed by atoms with Gasteiger partial charge in [-0.15, -0.1) is 0 Å². The van der Waals surface area contributed by atoms with Gasteiger partial charge in [0.25, 0.3) is 5.91 Å². The van der Waals surface area contributed by atoms with Crippen molar-refractivity contribution in [3.63, 3.8) is 0 Å². The summed E-state index contributed by atoms with van der Waals surface area (Å²) < 4.78 is 0.916. The largest absolute Gasteiger partial charge is 0.351 e. The highest BCUT2D eigenvalue weighted by atomic mass is 79.9. The molecule has 1 aromatic rings. The first kappa shape index (κ1) is 13.7. The van der Waals surface area contributed by atoms with Crippen LogP contribution in [-0.2, 0) is 0 Å². The molecule has 0 spiro atoms. The van der Waals surface area contributed by atoms with Gasteiger partial charge in [0, 0.05) is 21.4 Å². The molecular weight excluding hydrogens is 334 g/mol. The molecule has 0 saturated heterocycles. The first-order valence-corrected chi connectivity index (χ1v) is 6.89. The molecule has 0 bridgehead atoms. The molecule has 1 rings (SSSR count). The molecular formula is C12H15Br2NO. The second kappa shape index (κ2) is 6.40. The van der Waals surface area contributed by atoms with Crippen molar-refractivity contribution in [3.05, 3.63) is 34.3 Å². The van der Waals surface area contributed by atoms with Crippen LogP contribution in [0, 0.1) is 5.92 Å². The Kier molecular flexibility index (Phi) is 5.49. The standard InChI is InChI=1S/C12H15Br2NO/c1-8(2)11(14)7-15-12(16)9-4-3-5-10(13)6-9/h3-6,8,11H,7H2,1-2H3,(H,15,16). The zero-order chi connectivity index (χ0) is 12.1. The topological polar surface area (TPSA) is 29.1 Å². The smallest absolute Gasteiger partial charge is 0.251 e. The van der Waals surface area contributed by atoms with Gasteiger partial charge in [0.2, 0.25) is 0 Å². The minimum Gasteiger partial charge on any atom is -0.351 e. The van der Waals surface area contributed by atoms with Crippen LogP contribution in [0.25, 0.3) is 0 Å². The predicted molar refractivity (Wildman–Crippen MR) is 74.0 cm³/mol. The highest BCUT2D eigenvalue weighted by Gasteiger charge is 2.11. The van der Waals surface area contributed by atoms with Crippen LogP contribution in [-0.4, -0.2) is 17.3 Å². The van der Waals surface area contributed by atoms with E-state index in [4.69, 9.17) is 0 Å². The molecule has 1 N–H and O–H groups in total. The predicted octanol–water partition coefficient (Wildman–Crippen LogP) is 3.60. The third-order valence-electron chi connectivity index (χ3n) is 2.27. The van der Waals surface area contributed by atoms with Crippen molar-refractivity contribution in [3.8, 4) is 0 Å². The lowest BCUT2D eigenvalue weighted by atomic mass is 10.1. The summed E-state index contributed by atoms with van der Waals surface area (Å²) in [5, 5.41) is 2.90. The van der Waals surface area contributed by atoms with Crippen LogP contribution in [0.15, 0.2) is 28.7 Å². The second-order valence-corrected chi connectivity index (χ2v) is 6.07. The number of benzene rings is 1. The van der Waals surface area contributed by atoms with Gasteiger partial charge in [-0.05, 0) is 24.1 Å². The highest BCUT2D eigenvalue weighted by Crippen LogP contribution is 2.13. The van der Waals surface area contributed by atoms with Crippen LogP contribution in [0.2, 0.25) is 0 Å². The second-order valence-electron chi connectivity index (χ2n) is 3.98. The number of nitrogens with one attached hydrogen (secondary N) is 1. The van der Waals surface area contributed by atoms with Gasteiger partial charge in [0.1, 0.15) is 0 Å². The van der Waals surface area contributed by atoms with Gasteiger partial charge < -0.3 is 5.32 Å². The Bertz CT molecular complexity index is 366. The molecule has 1 amide bonds. The maximum absolute atomic E-state index is 11.8. The molecule has 1 atom stereocenters. The van der Waals surface area contributed by atoms with Crippen molar-refractivity contribution >= 4 is 37.8 Å².